The van der Waals surface area contributed by atoms with Crippen LogP contribution in [-0.2, 0) is 15.8 Å². The van der Waals surface area contributed by atoms with Crippen LogP contribution in [0, 0.1) is 0 Å². The maximum atomic E-state index is 6.12. The van der Waals surface area contributed by atoms with E-state index in [2.05, 4.69) is 41.7 Å². The summed E-state index contributed by atoms with van der Waals surface area (Å²) in [6.45, 7) is 6.40. The molecule has 21 heavy (non-hydrogen) atoms. The third-order valence-corrected chi connectivity index (χ3v) is 5.08. The first-order valence-electron chi connectivity index (χ1n) is 7.69. The van der Waals surface area contributed by atoms with Gasteiger partial charge in [0.05, 0.1) is 10.2 Å². The standard InChI is InChI=1S/C16H26BrN3O/c1-15(2,3)12-11(17)13(18)20-14(19-12)16(21-4)9-7-5-6-8-10-16/h5-10H2,1-4H3,(H2,18,19,20). The van der Waals surface area contributed by atoms with Gasteiger partial charge in [-0.05, 0) is 28.8 Å². The van der Waals surface area contributed by atoms with Gasteiger partial charge < -0.3 is 10.5 Å². The fourth-order valence-corrected chi connectivity index (χ4v) is 3.76. The molecule has 4 nitrogen and oxygen atoms in total. The Morgan fingerprint density at radius 2 is 1.67 bits per heavy atom. The number of nitrogens with zero attached hydrogens (tertiary/aromatic N) is 2. The van der Waals surface area contributed by atoms with E-state index in [1.807, 2.05) is 0 Å². The zero-order valence-corrected chi connectivity index (χ0v) is 15.1. The van der Waals surface area contributed by atoms with Crippen LogP contribution in [0.3, 0.4) is 0 Å². The van der Waals surface area contributed by atoms with Gasteiger partial charge in [0.25, 0.3) is 0 Å². The smallest absolute Gasteiger partial charge is 0.162 e. The Labute approximate surface area is 136 Å². The first kappa shape index (κ1) is 16.7. The van der Waals surface area contributed by atoms with Crippen molar-refractivity contribution in [1.82, 2.24) is 9.97 Å². The van der Waals surface area contributed by atoms with E-state index in [-0.39, 0.29) is 11.0 Å². The number of rotatable bonds is 2. The summed E-state index contributed by atoms with van der Waals surface area (Å²) in [6, 6.07) is 0. The van der Waals surface area contributed by atoms with Gasteiger partial charge in [0, 0.05) is 12.5 Å². The minimum atomic E-state index is -0.384. The SMILES string of the molecule is COC1(c2nc(N)c(Br)c(C(C)(C)C)n2)CCCCCC1. The highest BCUT2D eigenvalue weighted by Crippen LogP contribution is 2.40. The normalized spacial score (nSPS) is 19.3. The number of aromatic nitrogens is 2. The number of nitrogen functional groups attached to an aromatic ring is 1. The van der Waals surface area contributed by atoms with E-state index in [0.29, 0.717) is 5.82 Å². The second kappa shape index (κ2) is 6.21. The van der Waals surface area contributed by atoms with Gasteiger partial charge >= 0.3 is 0 Å². The second-order valence-electron chi connectivity index (χ2n) is 6.96. The number of nitrogens with two attached hydrogens (primary N) is 1. The largest absolute Gasteiger partial charge is 0.383 e. The fourth-order valence-electron chi connectivity index (χ4n) is 2.98. The van der Waals surface area contributed by atoms with Gasteiger partial charge in [0.2, 0.25) is 0 Å². The lowest BCUT2D eigenvalue weighted by atomic mass is 9.89. The van der Waals surface area contributed by atoms with Gasteiger partial charge in [0.15, 0.2) is 5.82 Å². The van der Waals surface area contributed by atoms with Crippen LogP contribution in [0.5, 0.6) is 0 Å². The van der Waals surface area contributed by atoms with E-state index >= 15 is 0 Å². The van der Waals surface area contributed by atoms with Crippen molar-refractivity contribution < 1.29 is 4.74 Å². The topological polar surface area (TPSA) is 61.0 Å². The molecule has 0 aromatic carbocycles. The van der Waals surface area contributed by atoms with E-state index in [0.717, 1.165) is 41.7 Å². The lowest BCUT2D eigenvalue weighted by molar-refractivity contribution is -0.0353. The Kier molecular flexibility index (Phi) is 4.93. The molecule has 0 unspecified atom stereocenters. The molecule has 1 aromatic heterocycles. The number of anilines is 1. The zero-order chi connectivity index (χ0) is 15.7. The molecule has 0 atom stereocenters. The van der Waals surface area contributed by atoms with Crippen LogP contribution in [-0.4, -0.2) is 17.1 Å². The van der Waals surface area contributed by atoms with Crippen LogP contribution < -0.4 is 5.73 Å². The highest BCUT2D eigenvalue weighted by molar-refractivity contribution is 9.10. The van der Waals surface area contributed by atoms with Gasteiger partial charge in [-0.25, -0.2) is 9.97 Å². The zero-order valence-electron chi connectivity index (χ0n) is 13.5. The summed E-state index contributed by atoms with van der Waals surface area (Å²) < 4.78 is 6.72. The van der Waals surface area contributed by atoms with Gasteiger partial charge in [-0.15, -0.1) is 0 Å². The number of methoxy groups -OCH3 is 1. The molecule has 1 saturated carbocycles. The molecule has 0 aliphatic heterocycles. The summed E-state index contributed by atoms with van der Waals surface area (Å²) in [6.07, 6.45) is 6.74. The molecule has 1 aromatic rings. The lowest BCUT2D eigenvalue weighted by Gasteiger charge is -2.31. The number of hydrogen-bond acceptors (Lipinski definition) is 4. The molecule has 0 radical (unpaired) electrons. The molecule has 0 spiro atoms. The number of ether oxygens (including phenoxy) is 1. The summed E-state index contributed by atoms with van der Waals surface area (Å²) >= 11 is 3.54. The number of hydrogen-bond donors (Lipinski definition) is 1. The highest BCUT2D eigenvalue weighted by Gasteiger charge is 2.37. The summed E-state index contributed by atoms with van der Waals surface area (Å²) in [4.78, 5) is 9.40. The molecule has 2 N–H and O–H groups in total. The first-order valence-corrected chi connectivity index (χ1v) is 8.48. The van der Waals surface area contributed by atoms with E-state index in [1.54, 1.807) is 7.11 Å². The third-order valence-electron chi connectivity index (χ3n) is 4.30. The van der Waals surface area contributed by atoms with Crippen molar-refractivity contribution >= 4 is 21.7 Å². The average Bonchev–Trinajstić information content (AvgIpc) is 2.66. The Morgan fingerprint density at radius 1 is 1.10 bits per heavy atom. The lowest BCUT2D eigenvalue weighted by Crippen LogP contribution is -2.32. The average molecular weight is 356 g/mol. The second-order valence-corrected chi connectivity index (χ2v) is 7.75. The third kappa shape index (κ3) is 3.39. The Morgan fingerprint density at radius 3 is 2.14 bits per heavy atom. The Bertz CT molecular complexity index is 503. The predicted molar refractivity (Wildman–Crippen MR) is 89.2 cm³/mol. The fraction of sp³-hybridized carbons (Fsp3) is 0.750. The van der Waals surface area contributed by atoms with E-state index < -0.39 is 0 Å². The van der Waals surface area contributed by atoms with Crippen molar-refractivity contribution in [2.75, 3.05) is 12.8 Å². The van der Waals surface area contributed by atoms with Crippen molar-refractivity contribution in [3.05, 3.63) is 16.0 Å². The highest BCUT2D eigenvalue weighted by atomic mass is 79.9. The van der Waals surface area contributed by atoms with Crippen LogP contribution in [0.1, 0.15) is 70.8 Å². The van der Waals surface area contributed by atoms with Crippen LogP contribution >= 0.6 is 15.9 Å². The van der Waals surface area contributed by atoms with Crippen molar-refractivity contribution in [3.63, 3.8) is 0 Å². The molecular formula is C16H26BrN3O. The monoisotopic (exact) mass is 355 g/mol. The molecule has 0 amide bonds. The molecule has 1 fully saturated rings. The summed E-state index contributed by atoms with van der Waals surface area (Å²) in [7, 11) is 1.77. The molecule has 1 heterocycles. The van der Waals surface area contributed by atoms with Crippen molar-refractivity contribution in [1.29, 1.82) is 0 Å². The maximum absolute atomic E-state index is 6.12. The molecule has 0 saturated heterocycles. The Balaban J connectivity index is 2.54. The molecule has 5 heteroatoms. The van der Waals surface area contributed by atoms with E-state index in [4.69, 9.17) is 15.5 Å². The molecule has 2 rings (SSSR count). The quantitative estimate of drug-likeness (QED) is 0.802. The van der Waals surface area contributed by atoms with Crippen LogP contribution in [0.4, 0.5) is 5.82 Å². The van der Waals surface area contributed by atoms with E-state index in [1.165, 1.54) is 12.8 Å². The van der Waals surface area contributed by atoms with Crippen molar-refractivity contribution in [2.45, 2.75) is 70.3 Å². The molecule has 118 valence electrons. The van der Waals surface area contributed by atoms with Gasteiger partial charge in [-0.3, -0.25) is 0 Å². The molecule has 1 aliphatic carbocycles. The summed E-state index contributed by atoms with van der Waals surface area (Å²) in [5.74, 6) is 1.25. The minimum absolute atomic E-state index is 0.0930. The molecule has 0 bridgehead atoms. The van der Waals surface area contributed by atoms with Crippen LogP contribution in [0.25, 0.3) is 0 Å². The van der Waals surface area contributed by atoms with Gasteiger partial charge in [-0.1, -0.05) is 46.5 Å². The van der Waals surface area contributed by atoms with Crippen molar-refractivity contribution in [3.8, 4) is 0 Å². The molecule has 1 aliphatic rings. The van der Waals surface area contributed by atoms with Gasteiger partial charge in [0.1, 0.15) is 11.4 Å². The first-order chi connectivity index (χ1) is 9.80. The van der Waals surface area contributed by atoms with Crippen molar-refractivity contribution in [2.24, 2.45) is 0 Å². The maximum Gasteiger partial charge on any atom is 0.162 e. The van der Waals surface area contributed by atoms with Crippen LogP contribution in [0.15, 0.2) is 4.47 Å². The summed E-state index contributed by atoms with van der Waals surface area (Å²) in [5, 5.41) is 0. The minimum Gasteiger partial charge on any atom is -0.383 e. The predicted octanol–water partition coefficient (Wildman–Crippen LogP) is 4.31. The van der Waals surface area contributed by atoms with E-state index in [9.17, 15) is 0 Å². The summed E-state index contributed by atoms with van der Waals surface area (Å²) in [5.41, 5.74) is 6.60. The Hall–Kier alpha value is -0.680. The van der Waals surface area contributed by atoms with Gasteiger partial charge in [-0.2, -0.15) is 0 Å². The number of halogens is 1. The molecular weight excluding hydrogens is 330 g/mol. The van der Waals surface area contributed by atoms with Crippen LogP contribution in [0.2, 0.25) is 0 Å².